The first-order chi connectivity index (χ1) is 18.9. The van der Waals surface area contributed by atoms with E-state index in [-0.39, 0.29) is 6.17 Å². The molecule has 1 aliphatic heterocycles. The van der Waals surface area contributed by atoms with Crippen molar-refractivity contribution in [2.75, 3.05) is 18.0 Å². The molecule has 2 N–H and O–H groups in total. The highest BCUT2D eigenvalue weighted by molar-refractivity contribution is 6.09. The SMILES string of the molecule is c1ccc(C2NCC(n3c4ccccc4c4cc(N(c5ccccc5)c5ccccc5)ccc43)CN2)cc1. The van der Waals surface area contributed by atoms with Crippen LogP contribution < -0.4 is 15.5 Å². The van der Waals surface area contributed by atoms with E-state index < -0.39 is 0 Å². The number of hydrogen-bond acceptors (Lipinski definition) is 3. The van der Waals surface area contributed by atoms with Gasteiger partial charge in [0.15, 0.2) is 0 Å². The van der Waals surface area contributed by atoms with Crippen molar-refractivity contribution in [2.24, 2.45) is 0 Å². The van der Waals surface area contributed by atoms with Gasteiger partial charge in [0.25, 0.3) is 0 Å². The first-order valence-corrected chi connectivity index (χ1v) is 13.3. The van der Waals surface area contributed by atoms with E-state index >= 15 is 0 Å². The number of para-hydroxylation sites is 3. The second-order valence-electron chi connectivity index (χ2n) is 9.91. The van der Waals surface area contributed by atoms with E-state index in [0.717, 1.165) is 30.2 Å². The van der Waals surface area contributed by atoms with E-state index in [1.54, 1.807) is 0 Å². The molecular formula is C34H30N4. The molecular weight excluding hydrogens is 464 g/mol. The lowest BCUT2D eigenvalue weighted by Gasteiger charge is -2.33. The largest absolute Gasteiger partial charge is 0.335 e. The Hall–Kier alpha value is -4.38. The van der Waals surface area contributed by atoms with Crippen LogP contribution in [0.15, 0.2) is 133 Å². The van der Waals surface area contributed by atoms with Gasteiger partial charge in [-0.1, -0.05) is 84.9 Å². The number of anilines is 3. The van der Waals surface area contributed by atoms with Gasteiger partial charge < -0.3 is 9.47 Å². The van der Waals surface area contributed by atoms with Crippen molar-refractivity contribution in [3.05, 3.63) is 139 Å². The average Bonchev–Trinajstić information content (AvgIpc) is 3.33. The Balaban J connectivity index is 1.31. The highest BCUT2D eigenvalue weighted by Crippen LogP contribution is 2.39. The Morgan fingerprint density at radius 1 is 0.526 bits per heavy atom. The van der Waals surface area contributed by atoms with Crippen molar-refractivity contribution in [3.63, 3.8) is 0 Å². The highest BCUT2D eigenvalue weighted by atomic mass is 15.2. The molecule has 7 rings (SSSR count). The molecule has 1 aromatic heterocycles. The van der Waals surface area contributed by atoms with Crippen LogP contribution in [0.2, 0.25) is 0 Å². The van der Waals surface area contributed by atoms with Crippen LogP contribution in [0, 0.1) is 0 Å². The number of nitrogens with zero attached hydrogens (tertiary/aromatic N) is 2. The zero-order valence-electron chi connectivity index (χ0n) is 21.2. The second kappa shape index (κ2) is 9.82. The third-order valence-corrected chi connectivity index (χ3v) is 7.59. The molecule has 0 unspecified atom stereocenters. The minimum Gasteiger partial charge on any atom is -0.335 e. The lowest BCUT2D eigenvalue weighted by atomic mass is 10.1. The van der Waals surface area contributed by atoms with Crippen molar-refractivity contribution < 1.29 is 0 Å². The quantitative estimate of drug-likeness (QED) is 0.258. The third kappa shape index (κ3) is 4.04. The number of rotatable bonds is 5. The molecule has 0 radical (unpaired) electrons. The monoisotopic (exact) mass is 494 g/mol. The van der Waals surface area contributed by atoms with Gasteiger partial charge in [-0.25, -0.2) is 0 Å². The van der Waals surface area contributed by atoms with E-state index in [1.165, 1.54) is 27.4 Å². The lowest BCUT2D eigenvalue weighted by Crippen LogP contribution is -2.47. The maximum Gasteiger partial charge on any atom is 0.0836 e. The maximum atomic E-state index is 3.74. The molecule has 38 heavy (non-hydrogen) atoms. The van der Waals surface area contributed by atoms with Gasteiger partial charge in [-0.15, -0.1) is 0 Å². The number of nitrogens with one attached hydrogen (secondary N) is 2. The second-order valence-corrected chi connectivity index (χ2v) is 9.91. The summed E-state index contributed by atoms with van der Waals surface area (Å²) in [6.45, 7) is 1.81. The predicted molar refractivity (Wildman–Crippen MR) is 158 cm³/mol. The van der Waals surface area contributed by atoms with Crippen LogP contribution >= 0.6 is 0 Å². The molecule has 4 heteroatoms. The van der Waals surface area contributed by atoms with Crippen molar-refractivity contribution in [1.82, 2.24) is 15.2 Å². The Bertz CT molecular complexity index is 1630. The van der Waals surface area contributed by atoms with Crippen molar-refractivity contribution in [2.45, 2.75) is 12.2 Å². The first kappa shape index (κ1) is 22.8. The van der Waals surface area contributed by atoms with Crippen LogP contribution in [0.5, 0.6) is 0 Å². The van der Waals surface area contributed by atoms with Crippen LogP contribution in [0.4, 0.5) is 17.1 Å². The summed E-state index contributed by atoms with van der Waals surface area (Å²) >= 11 is 0. The predicted octanol–water partition coefficient (Wildman–Crippen LogP) is 7.70. The molecule has 1 aliphatic rings. The Kier molecular flexibility index (Phi) is 5.89. The Morgan fingerprint density at radius 2 is 1.08 bits per heavy atom. The van der Waals surface area contributed by atoms with Gasteiger partial charge in [0.05, 0.1) is 12.2 Å². The average molecular weight is 495 g/mol. The summed E-state index contributed by atoms with van der Waals surface area (Å²) in [7, 11) is 0. The van der Waals surface area contributed by atoms with Gasteiger partial charge in [0.1, 0.15) is 0 Å². The number of aromatic nitrogens is 1. The van der Waals surface area contributed by atoms with Crippen LogP contribution in [-0.2, 0) is 0 Å². The van der Waals surface area contributed by atoms with Crippen LogP contribution in [0.1, 0.15) is 17.8 Å². The third-order valence-electron chi connectivity index (χ3n) is 7.59. The van der Waals surface area contributed by atoms with Crippen molar-refractivity contribution in [3.8, 4) is 0 Å². The first-order valence-electron chi connectivity index (χ1n) is 13.3. The van der Waals surface area contributed by atoms with Crippen molar-refractivity contribution in [1.29, 1.82) is 0 Å². The molecule has 0 saturated carbocycles. The van der Waals surface area contributed by atoms with Gasteiger partial charge in [-0.3, -0.25) is 10.6 Å². The molecule has 6 aromatic rings. The molecule has 0 amide bonds. The summed E-state index contributed by atoms with van der Waals surface area (Å²) in [5.41, 5.74) is 7.27. The number of benzene rings is 5. The minimum absolute atomic E-state index is 0.178. The molecule has 186 valence electrons. The zero-order valence-corrected chi connectivity index (χ0v) is 21.2. The van der Waals surface area contributed by atoms with E-state index in [9.17, 15) is 0 Å². The minimum atomic E-state index is 0.178. The van der Waals surface area contributed by atoms with Crippen LogP contribution in [0.25, 0.3) is 21.8 Å². The lowest BCUT2D eigenvalue weighted by molar-refractivity contribution is 0.306. The summed E-state index contributed by atoms with van der Waals surface area (Å²) < 4.78 is 2.52. The van der Waals surface area contributed by atoms with Gasteiger partial charge in [-0.2, -0.15) is 0 Å². The summed E-state index contributed by atoms with van der Waals surface area (Å²) in [5.74, 6) is 0. The van der Waals surface area contributed by atoms with E-state index in [4.69, 9.17) is 0 Å². The number of fused-ring (bicyclic) bond motifs is 3. The van der Waals surface area contributed by atoms with Crippen LogP contribution in [0.3, 0.4) is 0 Å². The summed E-state index contributed by atoms with van der Waals surface area (Å²) in [5, 5.41) is 10.0. The molecule has 2 heterocycles. The smallest absolute Gasteiger partial charge is 0.0836 e. The summed E-state index contributed by atoms with van der Waals surface area (Å²) in [4.78, 5) is 2.33. The van der Waals surface area contributed by atoms with Crippen molar-refractivity contribution >= 4 is 38.9 Å². The molecule has 4 nitrogen and oxygen atoms in total. The standard InChI is InChI=1S/C34H30N4/c1-4-12-25(13-5-1)34-35-23-29(24-36-34)38-32-19-11-10-18-30(32)31-22-28(20-21-33(31)38)37(26-14-6-2-7-15-26)27-16-8-3-9-17-27/h1-22,29,34-36H,23-24H2. The normalized spacial score (nSPS) is 17.6. The Morgan fingerprint density at radius 3 is 1.74 bits per heavy atom. The molecule has 5 aromatic carbocycles. The molecule has 0 spiro atoms. The molecule has 1 fully saturated rings. The highest BCUT2D eigenvalue weighted by Gasteiger charge is 2.25. The zero-order chi connectivity index (χ0) is 25.3. The van der Waals surface area contributed by atoms with Crippen LogP contribution in [-0.4, -0.2) is 17.7 Å². The van der Waals surface area contributed by atoms with E-state index in [1.807, 2.05) is 0 Å². The molecule has 0 bridgehead atoms. The summed E-state index contributed by atoms with van der Waals surface area (Å²) in [6.07, 6.45) is 0.178. The summed E-state index contributed by atoms with van der Waals surface area (Å²) in [6, 6.07) is 47.9. The molecule has 0 atom stereocenters. The van der Waals surface area contributed by atoms with E-state index in [2.05, 4.69) is 154 Å². The Labute approximate surface area is 223 Å². The maximum absolute atomic E-state index is 3.74. The van der Waals surface area contributed by atoms with Gasteiger partial charge in [0.2, 0.25) is 0 Å². The fraction of sp³-hybridized carbons (Fsp3) is 0.118. The number of hydrogen-bond donors (Lipinski definition) is 2. The van der Waals surface area contributed by atoms with Gasteiger partial charge in [-0.05, 0) is 54.1 Å². The molecule has 1 saturated heterocycles. The fourth-order valence-corrected chi connectivity index (χ4v) is 5.84. The molecule has 0 aliphatic carbocycles. The fourth-order valence-electron chi connectivity index (χ4n) is 5.84. The van der Waals surface area contributed by atoms with Gasteiger partial charge >= 0.3 is 0 Å². The topological polar surface area (TPSA) is 32.2 Å². The van der Waals surface area contributed by atoms with Gasteiger partial charge in [0, 0.05) is 52.0 Å². The van der Waals surface area contributed by atoms with E-state index in [0.29, 0.717) is 6.04 Å².